The molecule has 3 nitrogen and oxygen atoms in total. The second kappa shape index (κ2) is 6.55. The van der Waals surface area contributed by atoms with Gasteiger partial charge in [-0.3, -0.25) is 4.79 Å². The number of carbonyl (C=O) groups is 1. The van der Waals surface area contributed by atoms with Gasteiger partial charge in [0.05, 0.1) is 5.02 Å². The van der Waals surface area contributed by atoms with Gasteiger partial charge in [-0.15, -0.1) is 0 Å². The van der Waals surface area contributed by atoms with Crippen LogP contribution in [0.2, 0.25) is 5.02 Å². The molecule has 5 heteroatoms. The topological polar surface area (TPSA) is 49.3 Å². The third-order valence-electron chi connectivity index (χ3n) is 2.70. The molecule has 0 aliphatic carbocycles. The molecule has 0 heterocycles. The molecule has 0 saturated carbocycles. The Labute approximate surface area is 121 Å². The van der Waals surface area contributed by atoms with Crippen molar-refractivity contribution in [1.82, 2.24) is 5.32 Å². The van der Waals surface area contributed by atoms with E-state index in [9.17, 15) is 4.79 Å². The number of aliphatic hydroxyl groups is 1. The zero-order chi connectivity index (χ0) is 13.8. The number of rotatable bonds is 5. The lowest BCUT2D eigenvalue weighted by atomic mass is 9.89. The number of hydrogen-bond donors (Lipinski definition) is 2. The summed E-state index contributed by atoms with van der Waals surface area (Å²) >= 11 is 9.22. The lowest BCUT2D eigenvalue weighted by Crippen LogP contribution is -2.34. The number of amides is 1. The number of benzene rings is 1. The summed E-state index contributed by atoms with van der Waals surface area (Å²) in [6.45, 7) is 4.63. The number of hydrogen-bond acceptors (Lipinski definition) is 2. The molecule has 0 spiro atoms. The predicted octanol–water partition coefficient (Wildman–Crippen LogP) is 3.24. The molecule has 1 aromatic rings. The third-order valence-corrected chi connectivity index (χ3v) is 3.93. The van der Waals surface area contributed by atoms with Gasteiger partial charge in [0.25, 0.3) is 5.91 Å². The van der Waals surface area contributed by atoms with E-state index in [0.717, 1.165) is 4.47 Å². The van der Waals surface area contributed by atoms with E-state index in [-0.39, 0.29) is 17.9 Å². The molecule has 1 aromatic carbocycles. The summed E-state index contributed by atoms with van der Waals surface area (Å²) in [6, 6.07) is 5.08. The Balaban J connectivity index is 2.63. The summed E-state index contributed by atoms with van der Waals surface area (Å²) in [5.74, 6) is -0.157. The number of aliphatic hydroxyl groups excluding tert-OH is 1. The number of carbonyl (C=O) groups excluding carboxylic acids is 1. The van der Waals surface area contributed by atoms with Crippen molar-refractivity contribution >= 4 is 33.4 Å². The Bertz CT molecular complexity index is 435. The highest BCUT2D eigenvalue weighted by Crippen LogP contribution is 2.23. The SMILES string of the molecule is CC(C)(CCO)CNC(=O)c1ccc(Br)c(Cl)c1. The highest BCUT2D eigenvalue weighted by atomic mass is 79.9. The van der Waals surface area contributed by atoms with Crippen LogP contribution in [0.5, 0.6) is 0 Å². The number of halogens is 2. The van der Waals surface area contributed by atoms with E-state index in [1.165, 1.54) is 0 Å². The van der Waals surface area contributed by atoms with E-state index in [2.05, 4.69) is 21.2 Å². The monoisotopic (exact) mass is 333 g/mol. The maximum absolute atomic E-state index is 11.9. The average molecular weight is 335 g/mol. The van der Waals surface area contributed by atoms with Crippen LogP contribution >= 0.6 is 27.5 Å². The van der Waals surface area contributed by atoms with Crippen LogP contribution in [0, 0.1) is 5.41 Å². The molecule has 0 saturated heterocycles. The van der Waals surface area contributed by atoms with E-state index >= 15 is 0 Å². The van der Waals surface area contributed by atoms with Crippen molar-refractivity contribution in [2.75, 3.05) is 13.2 Å². The molecule has 0 aliphatic heterocycles. The molecule has 0 atom stereocenters. The van der Waals surface area contributed by atoms with Crippen LogP contribution in [-0.4, -0.2) is 24.2 Å². The predicted molar refractivity (Wildman–Crippen MR) is 77.0 cm³/mol. The third kappa shape index (κ3) is 4.59. The molecule has 0 fully saturated rings. The second-order valence-corrected chi connectivity index (χ2v) is 6.21. The van der Waals surface area contributed by atoms with Gasteiger partial charge in [0.1, 0.15) is 0 Å². The van der Waals surface area contributed by atoms with Gasteiger partial charge in [0.15, 0.2) is 0 Å². The summed E-state index contributed by atoms with van der Waals surface area (Å²) in [4.78, 5) is 11.9. The maximum atomic E-state index is 11.9. The van der Waals surface area contributed by atoms with E-state index in [0.29, 0.717) is 23.6 Å². The lowest BCUT2D eigenvalue weighted by Gasteiger charge is -2.23. The molecule has 0 aliphatic rings. The van der Waals surface area contributed by atoms with E-state index in [4.69, 9.17) is 16.7 Å². The fourth-order valence-electron chi connectivity index (χ4n) is 1.45. The van der Waals surface area contributed by atoms with Crippen molar-refractivity contribution in [1.29, 1.82) is 0 Å². The quantitative estimate of drug-likeness (QED) is 0.868. The molecule has 0 aromatic heterocycles. The zero-order valence-electron chi connectivity index (χ0n) is 10.5. The Kier molecular flexibility index (Phi) is 5.63. The van der Waals surface area contributed by atoms with Gasteiger partial charge < -0.3 is 10.4 Å². The Morgan fingerprint density at radius 1 is 1.50 bits per heavy atom. The van der Waals surface area contributed by atoms with Gasteiger partial charge in [-0.2, -0.15) is 0 Å². The largest absolute Gasteiger partial charge is 0.396 e. The number of nitrogens with one attached hydrogen (secondary N) is 1. The van der Waals surface area contributed by atoms with Crippen molar-refractivity contribution in [3.05, 3.63) is 33.3 Å². The molecule has 0 bridgehead atoms. The van der Waals surface area contributed by atoms with Crippen molar-refractivity contribution in [2.24, 2.45) is 5.41 Å². The van der Waals surface area contributed by atoms with Crippen molar-refractivity contribution in [2.45, 2.75) is 20.3 Å². The van der Waals surface area contributed by atoms with Gasteiger partial charge in [-0.05, 0) is 46.0 Å². The highest BCUT2D eigenvalue weighted by Gasteiger charge is 2.18. The normalized spacial score (nSPS) is 11.4. The van der Waals surface area contributed by atoms with Crippen LogP contribution in [0.1, 0.15) is 30.6 Å². The minimum atomic E-state index is -0.157. The van der Waals surface area contributed by atoms with E-state index in [1.807, 2.05) is 13.8 Å². The Morgan fingerprint density at radius 3 is 2.72 bits per heavy atom. The van der Waals surface area contributed by atoms with Gasteiger partial charge in [0, 0.05) is 23.2 Å². The van der Waals surface area contributed by atoms with Crippen LogP contribution in [0.4, 0.5) is 0 Å². The van der Waals surface area contributed by atoms with Crippen LogP contribution < -0.4 is 5.32 Å². The fourth-order valence-corrected chi connectivity index (χ4v) is 1.88. The van der Waals surface area contributed by atoms with Crippen LogP contribution in [-0.2, 0) is 0 Å². The first-order valence-corrected chi connectivity index (χ1v) is 6.87. The molecular formula is C13H17BrClNO2. The van der Waals surface area contributed by atoms with Crippen molar-refractivity contribution < 1.29 is 9.90 Å². The molecule has 18 heavy (non-hydrogen) atoms. The summed E-state index contributed by atoms with van der Waals surface area (Å²) in [5.41, 5.74) is 0.409. The first kappa shape index (κ1) is 15.5. The molecule has 2 N–H and O–H groups in total. The highest BCUT2D eigenvalue weighted by molar-refractivity contribution is 9.10. The molecule has 0 radical (unpaired) electrons. The van der Waals surface area contributed by atoms with E-state index in [1.54, 1.807) is 18.2 Å². The zero-order valence-corrected chi connectivity index (χ0v) is 12.8. The van der Waals surface area contributed by atoms with Gasteiger partial charge in [-0.1, -0.05) is 25.4 Å². The molecule has 1 amide bonds. The maximum Gasteiger partial charge on any atom is 0.251 e. The summed E-state index contributed by atoms with van der Waals surface area (Å²) in [5, 5.41) is 12.3. The first-order valence-electron chi connectivity index (χ1n) is 5.70. The Hall–Kier alpha value is -0.580. The minimum absolute atomic E-state index is 0.118. The Morgan fingerprint density at radius 2 is 2.17 bits per heavy atom. The van der Waals surface area contributed by atoms with Crippen LogP contribution in [0.3, 0.4) is 0 Å². The first-order chi connectivity index (χ1) is 8.35. The van der Waals surface area contributed by atoms with Gasteiger partial charge in [-0.25, -0.2) is 0 Å². The fraction of sp³-hybridized carbons (Fsp3) is 0.462. The summed E-state index contributed by atoms with van der Waals surface area (Å²) in [7, 11) is 0. The molecule has 0 unspecified atom stereocenters. The molecule has 1 rings (SSSR count). The lowest BCUT2D eigenvalue weighted by molar-refractivity contribution is 0.0928. The van der Waals surface area contributed by atoms with E-state index < -0.39 is 0 Å². The van der Waals surface area contributed by atoms with Gasteiger partial charge >= 0.3 is 0 Å². The molecule has 100 valence electrons. The molecular weight excluding hydrogens is 318 g/mol. The second-order valence-electron chi connectivity index (χ2n) is 4.95. The summed E-state index contributed by atoms with van der Waals surface area (Å²) in [6.07, 6.45) is 0.647. The van der Waals surface area contributed by atoms with Crippen LogP contribution in [0.15, 0.2) is 22.7 Å². The summed E-state index contributed by atoms with van der Waals surface area (Å²) < 4.78 is 0.765. The average Bonchev–Trinajstić information content (AvgIpc) is 2.30. The van der Waals surface area contributed by atoms with Gasteiger partial charge in [0.2, 0.25) is 0 Å². The smallest absolute Gasteiger partial charge is 0.251 e. The van der Waals surface area contributed by atoms with Crippen molar-refractivity contribution in [3.63, 3.8) is 0 Å². The van der Waals surface area contributed by atoms with Crippen LogP contribution in [0.25, 0.3) is 0 Å². The standard InChI is InChI=1S/C13H17BrClNO2/c1-13(2,5-6-17)8-16-12(18)9-3-4-10(14)11(15)7-9/h3-4,7,17H,5-6,8H2,1-2H3,(H,16,18). The van der Waals surface area contributed by atoms with Crippen molar-refractivity contribution in [3.8, 4) is 0 Å². The minimum Gasteiger partial charge on any atom is -0.396 e.